The number of carbonyl (C=O) groups excluding carboxylic acids is 1. The van der Waals surface area contributed by atoms with Gasteiger partial charge in [0.25, 0.3) is 0 Å². The average Bonchev–Trinajstić information content (AvgIpc) is 2.54. The largest absolute Gasteiger partial charge is 0.369 e. The number of carbonyl (C=O) groups is 1. The molecule has 0 spiro atoms. The summed E-state index contributed by atoms with van der Waals surface area (Å²) in [5.41, 5.74) is 3.68. The number of benzene rings is 1. The van der Waals surface area contributed by atoms with Gasteiger partial charge < -0.3 is 15.1 Å². The summed E-state index contributed by atoms with van der Waals surface area (Å²) in [4.78, 5) is 16.5. The van der Waals surface area contributed by atoms with Crippen molar-refractivity contribution in [3.05, 3.63) is 36.4 Å². The van der Waals surface area contributed by atoms with Gasteiger partial charge in [-0.2, -0.15) is 0 Å². The number of rotatable bonds is 4. The zero-order valence-electron chi connectivity index (χ0n) is 12.5. The smallest absolute Gasteiger partial charge is 0.227 e. The lowest BCUT2D eigenvalue weighted by atomic mass is 9.99. The summed E-state index contributed by atoms with van der Waals surface area (Å²) in [5, 5.41) is 3.38. The van der Waals surface area contributed by atoms with E-state index in [-0.39, 0.29) is 5.91 Å². The number of hydrogen-bond acceptors (Lipinski definition) is 3. The molecule has 3 rings (SSSR count). The summed E-state index contributed by atoms with van der Waals surface area (Å²) in [6.07, 6.45) is 4.19. The first-order chi connectivity index (χ1) is 10.3. The molecule has 0 bridgehead atoms. The third-order valence-corrected chi connectivity index (χ3v) is 4.30. The van der Waals surface area contributed by atoms with E-state index in [1.54, 1.807) is 0 Å². The van der Waals surface area contributed by atoms with Crippen molar-refractivity contribution in [1.29, 1.82) is 0 Å². The number of hydrogen-bond donors (Lipinski definition) is 1. The Kier molecular flexibility index (Phi) is 4.25. The molecule has 2 aliphatic rings. The maximum absolute atomic E-state index is 12.1. The molecule has 0 aromatic heterocycles. The van der Waals surface area contributed by atoms with Crippen molar-refractivity contribution in [2.45, 2.75) is 19.3 Å². The molecule has 0 aliphatic carbocycles. The summed E-state index contributed by atoms with van der Waals surface area (Å²) < 4.78 is 0. The molecular weight excluding hydrogens is 262 g/mol. The van der Waals surface area contributed by atoms with E-state index in [0.717, 1.165) is 51.3 Å². The first kappa shape index (κ1) is 14.1. The van der Waals surface area contributed by atoms with Crippen molar-refractivity contribution in [2.24, 2.45) is 0 Å². The molecule has 4 heteroatoms. The van der Waals surface area contributed by atoms with Gasteiger partial charge >= 0.3 is 0 Å². The molecule has 2 heterocycles. The third-order valence-electron chi connectivity index (χ3n) is 4.30. The predicted molar refractivity (Wildman–Crippen MR) is 87.0 cm³/mol. The highest BCUT2D eigenvalue weighted by atomic mass is 16.2. The maximum atomic E-state index is 12.1. The summed E-state index contributed by atoms with van der Waals surface area (Å²) >= 11 is 0. The van der Waals surface area contributed by atoms with Crippen molar-refractivity contribution >= 4 is 17.3 Å². The highest BCUT2D eigenvalue weighted by molar-refractivity contribution is 5.96. The van der Waals surface area contributed by atoms with E-state index in [2.05, 4.69) is 35.0 Å². The monoisotopic (exact) mass is 285 g/mol. The number of amides is 1. The van der Waals surface area contributed by atoms with Crippen LogP contribution >= 0.6 is 0 Å². The highest BCUT2D eigenvalue weighted by Crippen LogP contribution is 2.31. The van der Waals surface area contributed by atoms with E-state index in [4.69, 9.17) is 0 Å². The van der Waals surface area contributed by atoms with Crippen LogP contribution in [0.5, 0.6) is 0 Å². The van der Waals surface area contributed by atoms with Gasteiger partial charge in [-0.15, -0.1) is 6.58 Å². The minimum Gasteiger partial charge on any atom is -0.369 e. The number of fused-ring (bicyclic) bond motifs is 1. The van der Waals surface area contributed by atoms with Gasteiger partial charge in [-0.3, -0.25) is 4.79 Å². The summed E-state index contributed by atoms with van der Waals surface area (Å²) in [6, 6.07) is 6.55. The van der Waals surface area contributed by atoms with Crippen LogP contribution in [0.25, 0.3) is 0 Å². The molecule has 0 unspecified atom stereocenters. The molecule has 0 radical (unpaired) electrons. The molecule has 1 saturated heterocycles. The van der Waals surface area contributed by atoms with E-state index in [1.165, 1.54) is 11.3 Å². The Hall–Kier alpha value is -1.81. The van der Waals surface area contributed by atoms with E-state index in [9.17, 15) is 4.79 Å². The van der Waals surface area contributed by atoms with E-state index in [1.807, 2.05) is 11.0 Å². The van der Waals surface area contributed by atoms with Gasteiger partial charge in [0.05, 0.1) is 0 Å². The first-order valence-corrected chi connectivity index (χ1v) is 7.79. The SMILES string of the molecule is C=CCCN1C(=O)CCc2cc(N3CCNCC3)ccc21. The second-order valence-electron chi connectivity index (χ2n) is 5.67. The zero-order valence-corrected chi connectivity index (χ0v) is 12.5. The maximum Gasteiger partial charge on any atom is 0.227 e. The number of aryl methyl sites for hydroxylation is 1. The molecule has 21 heavy (non-hydrogen) atoms. The Morgan fingerprint density at radius 3 is 2.81 bits per heavy atom. The fraction of sp³-hybridized carbons (Fsp3) is 0.471. The lowest BCUT2D eigenvalue weighted by Gasteiger charge is -2.33. The van der Waals surface area contributed by atoms with Gasteiger partial charge in [-0.05, 0) is 36.6 Å². The number of piperazine rings is 1. The van der Waals surface area contributed by atoms with Crippen LogP contribution in [0.3, 0.4) is 0 Å². The van der Waals surface area contributed by atoms with E-state index >= 15 is 0 Å². The molecule has 1 amide bonds. The van der Waals surface area contributed by atoms with Crippen LogP contribution in [-0.4, -0.2) is 38.6 Å². The Morgan fingerprint density at radius 1 is 1.24 bits per heavy atom. The van der Waals surface area contributed by atoms with Crippen LogP contribution < -0.4 is 15.1 Å². The van der Waals surface area contributed by atoms with Crippen LogP contribution in [0.15, 0.2) is 30.9 Å². The van der Waals surface area contributed by atoms with Crippen molar-refractivity contribution < 1.29 is 4.79 Å². The molecule has 1 aromatic rings. The first-order valence-electron chi connectivity index (χ1n) is 7.79. The molecule has 1 aromatic carbocycles. The van der Waals surface area contributed by atoms with Gasteiger partial charge in [-0.1, -0.05) is 6.08 Å². The topological polar surface area (TPSA) is 35.6 Å². The van der Waals surface area contributed by atoms with Gasteiger partial charge in [-0.25, -0.2) is 0 Å². The van der Waals surface area contributed by atoms with Crippen molar-refractivity contribution in [1.82, 2.24) is 5.32 Å². The Bertz CT molecular complexity index is 535. The molecule has 0 saturated carbocycles. The Morgan fingerprint density at radius 2 is 2.05 bits per heavy atom. The Balaban J connectivity index is 1.84. The summed E-state index contributed by atoms with van der Waals surface area (Å²) in [5.74, 6) is 0.235. The summed E-state index contributed by atoms with van der Waals surface area (Å²) in [6.45, 7) is 8.68. The lowest BCUT2D eigenvalue weighted by Crippen LogP contribution is -2.43. The van der Waals surface area contributed by atoms with Crippen LogP contribution in [-0.2, 0) is 11.2 Å². The number of nitrogens with one attached hydrogen (secondary N) is 1. The zero-order chi connectivity index (χ0) is 14.7. The van der Waals surface area contributed by atoms with Gasteiger partial charge in [0.2, 0.25) is 5.91 Å². The minimum absolute atomic E-state index is 0.235. The van der Waals surface area contributed by atoms with Crippen LogP contribution in [0.2, 0.25) is 0 Å². The molecule has 112 valence electrons. The second-order valence-corrected chi connectivity index (χ2v) is 5.67. The highest BCUT2D eigenvalue weighted by Gasteiger charge is 2.24. The molecule has 0 atom stereocenters. The lowest BCUT2D eigenvalue weighted by molar-refractivity contribution is -0.118. The quantitative estimate of drug-likeness (QED) is 0.859. The molecule has 1 N–H and O–H groups in total. The predicted octanol–water partition coefficient (Wildman–Crippen LogP) is 1.95. The minimum atomic E-state index is 0.235. The standard InChI is InChI=1S/C17H23N3O/c1-2-3-10-20-16-6-5-15(19-11-8-18-9-12-19)13-14(16)4-7-17(20)21/h2,5-6,13,18H,1,3-4,7-12H2. The van der Waals surface area contributed by atoms with Gasteiger partial charge in [0.1, 0.15) is 0 Å². The van der Waals surface area contributed by atoms with Gasteiger partial charge in [0, 0.05) is 50.5 Å². The van der Waals surface area contributed by atoms with Gasteiger partial charge in [0.15, 0.2) is 0 Å². The number of nitrogens with zero attached hydrogens (tertiary/aromatic N) is 2. The normalized spacial score (nSPS) is 18.6. The number of anilines is 2. The third kappa shape index (κ3) is 2.95. The van der Waals surface area contributed by atoms with Crippen LogP contribution in [0.1, 0.15) is 18.4 Å². The molecule has 4 nitrogen and oxygen atoms in total. The average molecular weight is 285 g/mol. The van der Waals surface area contributed by atoms with Crippen molar-refractivity contribution in [3.8, 4) is 0 Å². The van der Waals surface area contributed by atoms with Crippen LogP contribution in [0.4, 0.5) is 11.4 Å². The molecular formula is C17H23N3O. The summed E-state index contributed by atoms with van der Waals surface area (Å²) in [7, 11) is 0. The van der Waals surface area contributed by atoms with Crippen molar-refractivity contribution in [3.63, 3.8) is 0 Å². The van der Waals surface area contributed by atoms with E-state index in [0.29, 0.717) is 6.42 Å². The van der Waals surface area contributed by atoms with Crippen molar-refractivity contribution in [2.75, 3.05) is 42.5 Å². The molecule has 2 aliphatic heterocycles. The fourth-order valence-electron chi connectivity index (χ4n) is 3.13. The molecule has 1 fully saturated rings. The van der Waals surface area contributed by atoms with Crippen LogP contribution in [0, 0.1) is 0 Å². The Labute approximate surface area is 126 Å². The second kappa shape index (κ2) is 6.31. The van der Waals surface area contributed by atoms with E-state index < -0.39 is 0 Å². The fourth-order valence-corrected chi connectivity index (χ4v) is 3.13.